The second-order valence-corrected chi connectivity index (χ2v) is 6.07. The maximum Gasteiger partial charge on any atom is 0.177 e. The summed E-state index contributed by atoms with van der Waals surface area (Å²) in [6.07, 6.45) is 2.70. The first-order valence-electron chi connectivity index (χ1n) is 6.55. The monoisotopic (exact) mass is 332 g/mol. The lowest BCUT2D eigenvalue weighted by Gasteiger charge is -2.42. The molecule has 5 nitrogen and oxygen atoms in total. The van der Waals surface area contributed by atoms with Crippen LogP contribution in [-0.4, -0.2) is 55.6 Å². The Kier molecular flexibility index (Phi) is 3.79. The molecule has 19 heavy (non-hydrogen) atoms. The molecule has 1 N–H and O–H groups in total. The highest BCUT2D eigenvalue weighted by Crippen LogP contribution is 2.55. The molecule has 1 saturated carbocycles. The summed E-state index contributed by atoms with van der Waals surface area (Å²) in [6.45, 7) is 1.77. The minimum Gasteiger partial charge on any atom is -0.394 e. The van der Waals surface area contributed by atoms with E-state index in [1.165, 1.54) is 0 Å². The zero-order valence-corrected chi connectivity index (χ0v) is 12.1. The third-order valence-electron chi connectivity index (χ3n) is 4.07. The first-order valence-corrected chi connectivity index (χ1v) is 7.34. The van der Waals surface area contributed by atoms with Gasteiger partial charge in [0.2, 0.25) is 0 Å². The number of ether oxygens (including phenoxy) is 3. The molecule has 106 valence electrons. The van der Waals surface area contributed by atoms with Crippen molar-refractivity contribution in [2.24, 2.45) is 11.8 Å². The highest BCUT2D eigenvalue weighted by atomic mass is 79.9. The fourth-order valence-electron chi connectivity index (χ4n) is 3.02. The third kappa shape index (κ3) is 2.29. The van der Waals surface area contributed by atoms with E-state index in [4.69, 9.17) is 19.3 Å². The van der Waals surface area contributed by atoms with Crippen LogP contribution in [0.2, 0.25) is 0 Å². The topological polar surface area (TPSA) is 68.3 Å². The molecule has 3 aliphatic carbocycles. The van der Waals surface area contributed by atoms with Gasteiger partial charge >= 0.3 is 0 Å². The van der Waals surface area contributed by atoms with E-state index in [1.807, 2.05) is 6.08 Å². The number of carbonyl (C=O) groups is 1. The Hall–Kier alpha value is -0.270. The molecule has 1 aliphatic heterocycles. The molecule has 0 unspecified atom stereocenters. The molecular weight excluding hydrogens is 316 g/mol. The average Bonchev–Trinajstić information content (AvgIpc) is 3.18. The summed E-state index contributed by atoms with van der Waals surface area (Å²) in [6, 6.07) is 0. The largest absolute Gasteiger partial charge is 0.394 e. The molecule has 0 radical (unpaired) electrons. The molecule has 0 amide bonds. The lowest BCUT2D eigenvalue weighted by atomic mass is 9.66. The second kappa shape index (κ2) is 5.26. The molecule has 4 rings (SSSR count). The number of fused-ring (bicyclic) bond motifs is 1. The summed E-state index contributed by atoms with van der Waals surface area (Å²) < 4.78 is 17.4. The van der Waals surface area contributed by atoms with Gasteiger partial charge in [-0.25, -0.2) is 0 Å². The van der Waals surface area contributed by atoms with E-state index in [-0.39, 0.29) is 30.3 Å². The number of hydrogen-bond acceptors (Lipinski definition) is 5. The number of rotatable bonds is 6. The predicted octanol–water partition coefficient (Wildman–Crippen LogP) is 0.647. The first kappa shape index (κ1) is 13.7. The van der Waals surface area contributed by atoms with E-state index in [0.29, 0.717) is 26.4 Å². The molecule has 1 heterocycles. The molecule has 2 bridgehead atoms. The van der Waals surface area contributed by atoms with Crippen LogP contribution in [0.25, 0.3) is 0 Å². The lowest BCUT2D eigenvalue weighted by Crippen LogP contribution is -2.53. The number of carbonyl (C=O) groups excluding carboxylic acids is 1. The van der Waals surface area contributed by atoms with Gasteiger partial charge in [-0.2, -0.15) is 0 Å². The molecule has 4 aliphatic rings. The van der Waals surface area contributed by atoms with Gasteiger partial charge in [-0.1, -0.05) is 22.0 Å². The van der Waals surface area contributed by atoms with E-state index in [2.05, 4.69) is 15.9 Å². The number of aliphatic hydroxyl groups is 1. The van der Waals surface area contributed by atoms with Crippen molar-refractivity contribution in [1.82, 2.24) is 0 Å². The van der Waals surface area contributed by atoms with Crippen LogP contribution in [0.4, 0.5) is 0 Å². The van der Waals surface area contributed by atoms with E-state index in [9.17, 15) is 4.79 Å². The van der Waals surface area contributed by atoms with Gasteiger partial charge in [0, 0.05) is 5.92 Å². The Morgan fingerprint density at radius 1 is 1.47 bits per heavy atom. The third-order valence-corrected chi connectivity index (χ3v) is 4.89. The predicted molar refractivity (Wildman–Crippen MR) is 69.9 cm³/mol. The number of epoxide rings is 1. The van der Waals surface area contributed by atoms with E-state index in [0.717, 1.165) is 10.9 Å². The lowest BCUT2D eigenvalue weighted by molar-refractivity contribution is -0.141. The SMILES string of the molecule is O=C1[C@H]2C=C(Br)[C@H](C[C@@H]2OCCOCCO)[C@@]12CO2. The molecule has 1 spiro atoms. The quantitative estimate of drug-likeness (QED) is 0.571. The van der Waals surface area contributed by atoms with Gasteiger partial charge in [0.1, 0.15) is 0 Å². The van der Waals surface area contributed by atoms with Crippen LogP contribution in [0, 0.1) is 11.8 Å². The summed E-state index contributed by atoms with van der Waals surface area (Å²) >= 11 is 3.54. The van der Waals surface area contributed by atoms with Crippen molar-refractivity contribution in [1.29, 1.82) is 0 Å². The number of ketones is 1. The maximum absolute atomic E-state index is 12.3. The zero-order chi connectivity index (χ0) is 13.5. The van der Waals surface area contributed by atoms with Crippen molar-refractivity contribution in [2.75, 3.05) is 33.0 Å². The smallest absolute Gasteiger partial charge is 0.177 e. The normalized spacial score (nSPS) is 39.8. The average molecular weight is 333 g/mol. The fourth-order valence-corrected chi connectivity index (χ4v) is 3.86. The highest BCUT2D eigenvalue weighted by molar-refractivity contribution is 9.11. The van der Waals surface area contributed by atoms with Gasteiger partial charge in [-0.15, -0.1) is 0 Å². The minimum atomic E-state index is -0.550. The van der Waals surface area contributed by atoms with Gasteiger partial charge in [-0.05, 0) is 10.9 Å². The first-order chi connectivity index (χ1) is 9.19. The Morgan fingerprint density at radius 2 is 2.26 bits per heavy atom. The molecule has 6 heteroatoms. The van der Waals surface area contributed by atoms with Crippen LogP contribution in [0.15, 0.2) is 10.6 Å². The summed E-state index contributed by atoms with van der Waals surface area (Å²) in [7, 11) is 0. The zero-order valence-electron chi connectivity index (χ0n) is 10.5. The van der Waals surface area contributed by atoms with Crippen LogP contribution in [0.3, 0.4) is 0 Å². The second-order valence-electron chi connectivity index (χ2n) is 5.15. The number of Topliss-reactive ketones (excluding diaryl/α,β-unsaturated/α-hetero) is 1. The van der Waals surface area contributed by atoms with Crippen molar-refractivity contribution in [3.8, 4) is 0 Å². The van der Waals surface area contributed by atoms with Crippen molar-refractivity contribution in [3.63, 3.8) is 0 Å². The van der Waals surface area contributed by atoms with E-state index < -0.39 is 5.60 Å². The molecule has 4 atom stereocenters. The summed E-state index contributed by atoms with van der Waals surface area (Å²) in [5.41, 5.74) is -0.550. The van der Waals surface area contributed by atoms with Gasteiger partial charge in [0.05, 0.1) is 45.1 Å². The number of halogens is 1. The standard InChI is InChI=1S/C13H17BrO5/c14-10-5-8-11(18-4-3-17-2-1-15)6-9(10)13(7-19-13)12(8)16/h5,8-9,11,15H,1-4,6-7H2/t8-,9-,11-,13-/m0/s1. The molecule has 0 aromatic heterocycles. The fraction of sp³-hybridized carbons (Fsp3) is 0.769. The molecule has 0 aromatic carbocycles. The number of aliphatic hydroxyl groups excluding tert-OH is 1. The highest BCUT2D eigenvalue weighted by Gasteiger charge is 2.66. The Bertz CT molecular complexity index is 404. The van der Waals surface area contributed by atoms with Gasteiger partial charge in [0.25, 0.3) is 0 Å². The Morgan fingerprint density at radius 3 is 2.95 bits per heavy atom. The van der Waals surface area contributed by atoms with Crippen LogP contribution in [0.1, 0.15) is 6.42 Å². The van der Waals surface area contributed by atoms with Crippen molar-refractivity contribution < 1.29 is 24.1 Å². The van der Waals surface area contributed by atoms with Gasteiger partial charge in [0.15, 0.2) is 11.4 Å². The van der Waals surface area contributed by atoms with Gasteiger partial charge < -0.3 is 19.3 Å². The molecule has 1 saturated heterocycles. The van der Waals surface area contributed by atoms with Crippen molar-refractivity contribution >= 4 is 21.7 Å². The van der Waals surface area contributed by atoms with E-state index in [1.54, 1.807) is 0 Å². The summed E-state index contributed by atoms with van der Waals surface area (Å²) in [5.74, 6) is 0.0568. The van der Waals surface area contributed by atoms with Crippen molar-refractivity contribution in [3.05, 3.63) is 10.6 Å². The molecule has 2 fully saturated rings. The van der Waals surface area contributed by atoms with Crippen LogP contribution in [-0.2, 0) is 19.0 Å². The van der Waals surface area contributed by atoms with E-state index >= 15 is 0 Å². The van der Waals surface area contributed by atoms with Crippen LogP contribution < -0.4 is 0 Å². The van der Waals surface area contributed by atoms with Crippen LogP contribution >= 0.6 is 15.9 Å². The molecule has 0 aromatic rings. The van der Waals surface area contributed by atoms with Gasteiger partial charge in [-0.3, -0.25) is 4.79 Å². The molecular formula is C13H17BrO5. The summed E-state index contributed by atoms with van der Waals surface area (Å²) in [5, 5.41) is 8.59. The minimum absolute atomic E-state index is 0.0160. The van der Waals surface area contributed by atoms with Crippen molar-refractivity contribution in [2.45, 2.75) is 18.1 Å². The maximum atomic E-state index is 12.3. The summed E-state index contributed by atoms with van der Waals surface area (Å²) in [4.78, 5) is 12.3. The number of hydrogen-bond donors (Lipinski definition) is 1. The van der Waals surface area contributed by atoms with Crippen LogP contribution in [0.5, 0.6) is 0 Å². The Labute approximate surface area is 120 Å². The Balaban J connectivity index is 1.57.